The molecule has 0 spiro atoms. The van der Waals surface area contributed by atoms with E-state index >= 15 is 0 Å². The summed E-state index contributed by atoms with van der Waals surface area (Å²) in [7, 11) is 4.10. The van der Waals surface area contributed by atoms with Crippen molar-refractivity contribution in [2.24, 2.45) is 0 Å². The molecule has 3 aromatic rings. The molecule has 0 aliphatic heterocycles. The van der Waals surface area contributed by atoms with Crippen LogP contribution >= 0.6 is 0 Å². The summed E-state index contributed by atoms with van der Waals surface area (Å²) in [5.74, 6) is 1.16. The van der Waals surface area contributed by atoms with Gasteiger partial charge in [-0.15, -0.1) is 0 Å². The number of anilines is 1. The average Bonchev–Trinajstić information content (AvgIpc) is 3.13. The van der Waals surface area contributed by atoms with Crippen molar-refractivity contribution in [3.05, 3.63) is 59.7 Å². The van der Waals surface area contributed by atoms with Gasteiger partial charge in [-0.1, -0.05) is 12.1 Å². The largest absolute Gasteiger partial charge is 0.359 e. The highest BCUT2D eigenvalue weighted by Gasteiger charge is 2.21. The van der Waals surface area contributed by atoms with Gasteiger partial charge in [0.1, 0.15) is 11.5 Å². The zero-order valence-corrected chi connectivity index (χ0v) is 16.2. The monoisotopic (exact) mass is 364 g/mol. The number of imidazole rings is 1. The van der Waals surface area contributed by atoms with Crippen LogP contribution < -0.4 is 15.5 Å². The molecular formula is C21H28N6. The summed E-state index contributed by atoms with van der Waals surface area (Å²) in [6, 6.07) is 10.8. The van der Waals surface area contributed by atoms with Crippen molar-refractivity contribution in [2.45, 2.75) is 31.8 Å². The molecule has 3 heterocycles. The highest BCUT2D eigenvalue weighted by molar-refractivity contribution is 5.52. The number of pyridine rings is 2. The molecule has 0 bridgehead atoms. The first-order valence-corrected chi connectivity index (χ1v) is 9.76. The molecule has 1 aliphatic rings. The summed E-state index contributed by atoms with van der Waals surface area (Å²) in [5.41, 5.74) is 4.64. The topological polar surface area (TPSA) is 57.5 Å². The van der Waals surface area contributed by atoms with Crippen molar-refractivity contribution in [3.63, 3.8) is 0 Å². The Labute approximate surface area is 160 Å². The van der Waals surface area contributed by atoms with Crippen molar-refractivity contribution < 1.29 is 0 Å². The fourth-order valence-electron chi connectivity index (χ4n) is 3.87. The fraction of sp³-hybridized carbons (Fsp3) is 0.429. The molecule has 0 saturated carbocycles. The Balaban J connectivity index is 1.50. The second-order valence-corrected chi connectivity index (χ2v) is 7.24. The maximum atomic E-state index is 4.81. The zero-order chi connectivity index (χ0) is 18.6. The van der Waals surface area contributed by atoms with Crippen LogP contribution in [0.4, 0.5) is 5.82 Å². The average molecular weight is 364 g/mol. The minimum Gasteiger partial charge on any atom is -0.359 e. The van der Waals surface area contributed by atoms with Gasteiger partial charge in [-0.2, -0.15) is 0 Å². The Bertz CT molecular complexity index is 903. The number of aryl methyl sites for hydroxylation is 1. The van der Waals surface area contributed by atoms with Crippen LogP contribution in [-0.4, -0.2) is 41.6 Å². The molecule has 1 aliphatic carbocycles. The molecule has 27 heavy (non-hydrogen) atoms. The van der Waals surface area contributed by atoms with Gasteiger partial charge in [-0.3, -0.25) is 9.38 Å². The number of nitrogens with one attached hydrogen (secondary N) is 2. The van der Waals surface area contributed by atoms with E-state index in [0.717, 1.165) is 49.6 Å². The highest BCUT2D eigenvalue weighted by atomic mass is 15.2. The van der Waals surface area contributed by atoms with Gasteiger partial charge in [0, 0.05) is 39.1 Å². The van der Waals surface area contributed by atoms with E-state index in [0.29, 0.717) is 6.04 Å². The lowest BCUT2D eigenvalue weighted by Crippen LogP contribution is -2.28. The van der Waals surface area contributed by atoms with Crippen LogP contribution in [0.3, 0.4) is 0 Å². The SMILES string of the molecule is CNCCN(C)c1cccc2nc(CNC3CCCc4cccnc43)cn12. The molecular weight excluding hydrogens is 336 g/mol. The maximum absolute atomic E-state index is 4.81. The second kappa shape index (κ2) is 8.06. The second-order valence-electron chi connectivity index (χ2n) is 7.24. The highest BCUT2D eigenvalue weighted by Crippen LogP contribution is 2.28. The predicted molar refractivity (Wildman–Crippen MR) is 109 cm³/mol. The molecule has 0 amide bonds. The van der Waals surface area contributed by atoms with Gasteiger partial charge in [0.05, 0.1) is 17.4 Å². The molecule has 4 rings (SSSR count). The summed E-state index contributed by atoms with van der Waals surface area (Å²) in [4.78, 5) is 11.7. The van der Waals surface area contributed by atoms with Gasteiger partial charge in [0.25, 0.3) is 0 Å². The van der Waals surface area contributed by atoms with Gasteiger partial charge in [0.15, 0.2) is 0 Å². The van der Waals surface area contributed by atoms with E-state index < -0.39 is 0 Å². The molecule has 1 unspecified atom stereocenters. The summed E-state index contributed by atoms with van der Waals surface area (Å²) in [6.07, 6.45) is 7.53. The van der Waals surface area contributed by atoms with Gasteiger partial charge >= 0.3 is 0 Å². The lowest BCUT2D eigenvalue weighted by atomic mass is 9.92. The Morgan fingerprint density at radius 1 is 1.26 bits per heavy atom. The third kappa shape index (κ3) is 3.82. The summed E-state index contributed by atoms with van der Waals surface area (Å²) in [6.45, 7) is 2.65. The standard InChI is InChI=1S/C21H28N6/c1-22-12-13-26(2)20-10-4-9-19-25-17(15-27(19)20)14-24-18-8-3-6-16-7-5-11-23-21(16)18/h4-5,7,9-11,15,18,22,24H,3,6,8,12-14H2,1-2H3. The number of aromatic nitrogens is 3. The minimum atomic E-state index is 0.317. The maximum Gasteiger partial charge on any atom is 0.138 e. The van der Waals surface area contributed by atoms with Crippen LogP contribution in [0.15, 0.2) is 42.7 Å². The van der Waals surface area contributed by atoms with Crippen LogP contribution in [0, 0.1) is 0 Å². The first-order chi connectivity index (χ1) is 13.3. The van der Waals surface area contributed by atoms with Gasteiger partial charge in [-0.25, -0.2) is 4.98 Å². The van der Waals surface area contributed by atoms with Crippen LogP contribution in [0.1, 0.15) is 35.8 Å². The van der Waals surface area contributed by atoms with Crippen molar-refractivity contribution in [3.8, 4) is 0 Å². The van der Waals surface area contributed by atoms with Crippen LogP contribution in [0.25, 0.3) is 5.65 Å². The van der Waals surface area contributed by atoms with E-state index in [1.54, 1.807) is 0 Å². The number of likely N-dealkylation sites (N-methyl/N-ethyl adjacent to an activating group) is 2. The zero-order valence-electron chi connectivity index (χ0n) is 16.2. The molecule has 142 valence electrons. The van der Waals surface area contributed by atoms with Crippen LogP contribution in [0.2, 0.25) is 0 Å². The summed E-state index contributed by atoms with van der Waals surface area (Å²) >= 11 is 0. The molecule has 3 aromatic heterocycles. The predicted octanol–water partition coefficient (Wildman–Crippen LogP) is 2.55. The van der Waals surface area contributed by atoms with Gasteiger partial charge in [0.2, 0.25) is 0 Å². The minimum absolute atomic E-state index is 0.317. The first kappa shape index (κ1) is 17.9. The summed E-state index contributed by atoms with van der Waals surface area (Å²) < 4.78 is 2.18. The first-order valence-electron chi connectivity index (χ1n) is 9.76. The number of hydrogen-bond acceptors (Lipinski definition) is 5. The number of nitrogens with zero attached hydrogens (tertiary/aromatic N) is 4. The Morgan fingerprint density at radius 2 is 2.19 bits per heavy atom. The number of fused-ring (bicyclic) bond motifs is 2. The van der Waals surface area contributed by atoms with E-state index in [1.807, 2.05) is 19.3 Å². The Hall–Kier alpha value is -2.44. The Kier molecular flexibility index (Phi) is 5.36. The van der Waals surface area contributed by atoms with E-state index in [1.165, 1.54) is 17.7 Å². The van der Waals surface area contributed by atoms with Gasteiger partial charge < -0.3 is 15.5 Å². The third-order valence-corrected chi connectivity index (χ3v) is 5.33. The fourth-order valence-corrected chi connectivity index (χ4v) is 3.87. The normalized spacial score (nSPS) is 16.4. The van der Waals surface area contributed by atoms with E-state index in [2.05, 4.69) is 62.4 Å². The van der Waals surface area contributed by atoms with E-state index in [-0.39, 0.29) is 0 Å². The van der Waals surface area contributed by atoms with Crippen LogP contribution in [-0.2, 0) is 13.0 Å². The van der Waals surface area contributed by atoms with E-state index in [9.17, 15) is 0 Å². The molecule has 6 nitrogen and oxygen atoms in total. The van der Waals surface area contributed by atoms with Gasteiger partial charge in [-0.05, 0) is 50.1 Å². The van der Waals surface area contributed by atoms with Crippen LogP contribution in [0.5, 0.6) is 0 Å². The van der Waals surface area contributed by atoms with Crippen molar-refractivity contribution in [2.75, 3.05) is 32.1 Å². The van der Waals surface area contributed by atoms with Crippen molar-refractivity contribution in [1.29, 1.82) is 0 Å². The van der Waals surface area contributed by atoms with Crippen molar-refractivity contribution >= 4 is 11.5 Å². The lowest BCUT2D eigenvalue weighted by Gasteiger charge is -2.24. The molecule has 6 heteroatoms. The van der Waals surface area contributed by atoms with Crippen molar-refractivity contribution in [1.82, 2.24) is 25.0 Å². The Morgan fingerprint density at radius 3 is 3.07 bits per heavy atom. The number of rotatable bonds is 7. The smallest absolute Gasteiger partial charge is 0.138 e. The number of hydrogen-bond donors (Lipinski definition) is 2. The third-order valence-electron chi connectivity index (χ3n) is 5.33. The molecule has 2 N–H and O–H groups in total. The molecule has 0 fully saturated rings. The molecule has 1 atom stereocenters. The molecule has 0 aromatic carbocycles. The lowest BCUT2D eigenvalue weighted by molar-refractivity contribution is 0.445. The molecule has 0 saturated heterocycles. The van der Waals surface area contributed by atoms with E-state index in [4.69, 9.17) is 4.98 Å². The quantitative estimate of drug-likeness (QED) is 0.675. The summed E-state index contributed by atoms with van der Waals surface area (Å²) in [5, 5.41) is 6.88. The molecule has 0 radical (unpaired) electrons.